The molecule has 0 unspecified atom stereocenters. The Hall–Kier alpha value is -0.680. The molecule has 0 spiro atoms. The number of hydrogen-bond donors (Lipinski definition) is 1. The Kier molecular flexibility index (Phi) is 4.74. The number of rotatable bonds is 4. The first-order chi connectivity index (χ1) is 8.29. The summed E-state index contributed by atoms with van der Waals surface area (Å²) in [4.78, 5) is 2.45. The molecule has 1 aromatic rings. The maximum atomic E-state index is 4.21. The van der Waals surface area contributed by atoms with Crippen molar-refractivity contribution in [1.29, 1.82) is 0 Å². The lowest BCUT2D eigenvalue weighted by Gasteiger charge is -2.25. The van der Waals surface area contributed by atoms with Gasteiger partial charge in [0.2, 0.25) is 5.13 Å². The van der Waals surface area contributed by atoms with E-state index in [0.717, 1.165) is 22.7 Å². The van der Waals surface area contributed by atoms with Gasteiger partial charge in [-0.15, -0.1) is 10.2 Å². The monoisotopic (exact) mass is 254 g/mol. The van der Waals surface area contributed by atoms with Crippen molar-refractivity contribution in [3.63, 3.8) is 0 Å². The maximum absolute atomic E-state index is 4.21. The van der Waals surface area contributed by atoms with Crippen molar-refractivity contribution in [1.82, 2.24) is 15.1 Å². The minimum atomic E-state index is 0.736. The van der Waals surface area contributed by atoms with Crippen LogP contribution in [0.15, 0.2) is 0 Å². The molecule has 1 aromatic heterocycles. The van der Waals surface area contributed by atoms with E-state index in [4.69, 9.17) is 0 Å². The molecule has 1 aliphatic rings. The van der Waals surface area contributed by atoms with Crippen LogP contribution >= 0.6 is 11.3 Å². The highest BCUT2D eigenvalue weighted by Crippen LogP contribution is 2.23. The van der Waals surface area contributed by atoms with Crippen molar-refractivity contribution >= 4 is 16.5 Å². The predicted molar refractivity (Wildman–Crippen MR) is 72.4 cm³/mol. The van der Waals surface area contributed by atoms with E-state index in [9.17, 15) is 0 Å². The molecule has 0 amide bonds. The van der Waals surface area contributed by atoms with Crippen LogP contribution in [0.2, 0.25) is 0 Å². The largest absolute Gasteiger partial charge is 0.363 e. The van der Waals surface area contributed by atoms with E-state index in [1.165, 1.54) is 38.5 Å². The first-order valence-electron chi connectivity index (χ1n) is 6.50. The van der Waals surface area contributed by atoms with E-state index in [1.54, 1.807) is 11.3 Å². The molecule has 0 saturated heterocycles. The molecule has 5 heteroatoms. The molecule has 1 heterocycles. The summed E-state index contributed by atoms with van der Waals surface area (Å²) >= 11 is 1.66. The lowest BCUT2D eigenvalue weighted by Crippen LogP contribution is -2.30. The number of nitrogens with one attached hydrogen (secondary N) is 1. The molecule has 1 N–H and O–H groups in total. The van der Waals surface area contributed by atoms with E-state index in [-0.39, 0.29) is 0 Å². The number of anilines is 1. The van der Waals surface area contributed by atoms with Crippen molar-refractivity contribution < 1.29 is 0 Å². The fourth-order valence-corrected chi connectivity index (χ4v) is 3.22. The van der Waals surface area contributed by atoms with Crippen LogP contribution in [0.25, 0.3) is 0 Å². The van der Waals surface area contributed by atoms with Crippen LogP contribution in [0.4, 0.5) is 5.13 Å². The van der Waals surface area contributed by atoms with Crippen molar-refractivity contribution in [3.8, 4) is 0 Å². The van der Waals surface area contributed by atoms with E-state index in [1.807, 2.05) is 7.05 Å². The summed E-state index contributed by atoms with van der Waals surface area (Å²) in [5, 5.41) is 13.4. The maximum Gasteiger partial charge on any atom is 0.205 e. The minimum Gasteiger partial charge on any atom is -0.363 e. The molecule has 96 valence electrons. The molecular formula is C12H22N4S. The molecule has 0 radical (unpaired) electrons. The van der Waals surface area contributed by atoms with E-state index in [0.29, 0.717) is 0 Å². The van der Waals surface area contributed by atoms with Crippen molar-refractivity contribution in [2.24, 2.45) is 0 Å². The topological polar surface area (TPSA) is 41.1 Å². The summed E-state index contributed by atoms with van der Waals surface area (Å²) in [6.07, 6.45) is 8.27. The third kappa shape index (κ3) is 3.64. The number of aromatic nitrogens is 2. The van der Waals surface area contributed by atoms with E-state index >= 15 is 0 Å². The minimum absolute atomic E-state index is 0.736. The molecule has 0 aromatic carbocycles. The number of nitrogens with zero attached hydrogens (tertiary/aromatic N) is 3. The van der Waals surface area contributed by atoms with Gasteiger partial charge in [0.25, 0.3) is 0 Å². The third-order valence-electron chi connectivity index (χ3n) is 3.51. The van der Waals surface area contributed by atoms with Gasteiger partial charge in [-0.2, -0.15) is 0 Å². The Balaban J connectivity index is 1.88. The highest BCUT2D eigenvalue weighted by atomic mass is 32.1. The second-order valence-corrected chi connectivity index (χ2v) is 5.87. The zero-order valence-corrected chi connectivity index (χ0v) is 11.6. The van der Waals surface area contributed by atoms with Crippen LogP contribution in [0.3, 0.4) is 0 Å². The summed E-state index contributed by atoms with van der Waals surface area (Å²) < 4.78 is 0. The highest BCUT2D eigenvalue weighted by Gasteiger charge is 2.18. The van der Waals surface area contributed by atoms with Crippen LogP contribution in [0.1, 0.15) is 43.5 Å². The first kappa shape index (κ1) is 12.8. The van der Waals surface area contributed by atoms with Gasteiger partial charge in [0.1, 0.15) is 5.01 Å². The average Bonchev–Trinajstić information content (AvgIpc) is 2.62. The molecule has 1 fully saturated rings. The van der Waals surface area contributed by atoms with Crippen molar-refractivity contribution in [3.05, 3.63) is 5.01 Å². The number of hydrogen-bond acceptors (Lipinski definition) is 5. The fraction of sp³-hybridized carbons (Fsp3) is 0.833. The quantitative estimate of drug-likeness (QED) is 0.839. The zero-order valence-electron chi connectivity index (χ0n) is 10.8. The lowest BCUT2D eigenvalue weighted by molar-refractivity contribution is 0.212. The molecule has 0 aliphatic heterocycles. The van der Waals surface area contributed by atoms with Gasteiger partial charge in [0.05, 0.1) is 6.54 Å². The molecule has 1 aliphatic carbocycles. The van der Waals surface area contributed by atoms with Crippen LogP contribution in [0, 0.1) is 0 Å². The Morgan fingerprint density at radius 3 is 2.53 bits per heavy atom. The SMILES string of the molecule is CNc1nnc(CN(C)C2CCCCCC2)s1. The van der Waals surface area contributed by atoms with Gasteiger partial charge in [-0.05, 0) is 19.9 Å². The molecule has 0 atom stereocenters. The summed E-state index contributed by atoms with van der Waals surface area (Å²) in [7, 11) is 4.11. The van der Waals surface area contributed by atoms with E-state index < -0.39 is 0 Å². The first-order valence-corrected chi connectivity index (χ1v) is 7.31. The third-order valence-corrected chi connectivity index (χ3v) is 4.44. The summed E-state index contributed by atoms with van der Waals surface area (Å²) in [5.74, 6) is 0. The van der Waals surface area contributed by atoms with Gasteiger partial charge in [0, 0.05) is 13.1 Å². The predicted octanol–water partition coefficient (Wildman–Crippen LogP) is 2.73. The fourth-order valence-electron chi connectivity index (χ4n) is 2.46. The second-order valence-electron chi connectivity index (χ2n) is 4.81. The smallest absolute Gasteiger partial charge is 0.205 e. The second kappa shape index (κ2) is 6.31. The Labute approximate surface area is 107 Å². The Morgan fingerprint density at radius 2 is 1.94 bits per heavy atom. The summed E-state index contributed by atoms with van der Waals surface area (Å²) in [6, 6.07) is 0.736. The van der Waals surface area contributed by atoms with Gasteiger partial charge in [-0.25, -0.2) is 0 Å². The zero-order chi connectivity index (χ0) is 12.1. The average molecular weight is 254 g/mol. The van der Waals surface area contributed by atoms with Crippen LogP contribution in [-0.2, 0) is 6.54 Å². The van der Waals surface area contributed by atoms with Crippen molar-refractivity contribution in [2.75, 3.05) is 19.4 Å². The van der Waals surface area contributed by atoms with Crippen LogP contribution in [0.5, 0.6) is 0 Å². The molecule has 17 heavy (non-hydrogen) atoms. The normalized spacial score (nSPS) is 18.3. The lowest BCUT2D eigenvalue weighted by atomic mass is 10.1. The van der Waals surface area contributed by atoms with Gasteiger partial charge < -0.3 is 5.32 Å². The highest BCUT2D eigenvalue weighted by molar-refractivity contribution is 7.15. The standard InChI is InChI=1S/C12H22N4S/c1-13-12-15-14-11(17-12)9-16(2)10-7-5-3-4-6-8-10/h10H,3-9H2,1-2H3,(H,13,15). The summed E-state index contributed by atoms with van der Waals surface area (Å²) in [5.41, 5.74) is 0. The van der Waals surface area contributed by atoms with Crippen molar-refractivity contribution in [2.45, 2.75) is 51.1 Å². The van der Waals surface area contributed by atoms with Crippen LogP contribution in [-0.4, -0.2) is 35.2 Å². The molecular weight excluding hydrogens is 232 g/mol. The Morgan fingerprint density at radius 1 is 1.24 bits per heavy atom. The molecule has 1 saturated carbocycles. The van der Waals surface area contributed by atoms with Crippen LogP contribution < -0.4 is 5.32 Å². The van der Waals surface area contributed by atoms with Gasteiger partial charge in [-0.3, -0.25) is 4.90 Å². The van der Waals surface area contributed by atoms with Gasteiger partial charge in [-0.1, -0.05) is 37.0 Å². The Bertz CT molecular complexity index is 331. The van der Waals surface area contributed by atoms with Gasteiger partial charge >= 0.3 is 0 Å². The molecule has 0 bridgehead atoms. The molecule has 4 nitrogen and oxygen atoms in total. The van der Waals surface area contributed by atoms with Gasteiger partial charge in [0.15, 0.2) is 0 Å². The summed E-state index contributed by atoms with van der Waals surface area (Å²) in [6.45, 7) is 0.935. The molecule has 2 rings (SSSR count). The van der Waals surface area contributed by atoms with E-state index in [2.05, 4.69) is 27.5 Å².